The van der Waals surface area contributed by atoms with Gasteiger partial charge in [-0.15, -0.1) is 0 Å². The van der Waals surface area contributed by atoms with Crippen molar-refractivity contribution in [2.45, 2.75) is 76.4 Å². The number of amides is 3. The molecule has 0 bridgehead atoms. The third kappa shape index (κ3) is 7.51. The second kappa shape index (κ2) is 11.9. The van der Waals surface area contributed by atoms with Gasteiger partial charge in [0.05, 0.1) is 19.0 Å². The van der Waals surface area contributed by atoms with Gasteiger partial charge in [-0.3, -0.25) is 19.3 Å². The Morgan fingerprint density at radius 1 is 1.24 bits per heavy atom. The summed E-state index contributed by atoms with van der Waals surface area (Å²) in [4.78, 5) is 53.0. The van der Waals surface area contributed by atoms with E-state index in [1.807, 2.05) is 0 Å². The van der Waals surface area contributed by atoms with Gasteiger partial charge in [-0.1, -0.05) is 11.9 Å². The number of likely N-dealkylation sites (N-methyl/N-ethyl adjacent to an activating group) is 1. The Hall–Kier alpha value is -2.52. The number of hydrogen-bond donors (Lipinski definition) is 2. The predicted octanol–water partition coefficient (Wildman–Crippen LogP) is 0.998. The zero-order valence-corrected chi connectivity index (χ0v) is 21.7. The monoisotopic (exact) mass is 551 g/mol. The van der Waals surface area contributed by atoms with E-state index in [4.69, 9.17) is 14.6 Å². The van der Waals surface area contributed by atoms with Crippen LogP contribution in [0, 0.1) is 6.92 Å². The summed E-state index contributed by atoms with van der Waals surface area (Å²) in [7, 11) is 1.62. The molecular weight excluding hydrogens is 519 g/mol. The van der Waals surface area contributed by atoms with Gasteiger partial charge in [0.25, 0.3) is 0 Å². The molecule has 0 aliphatic carbocycles. The molecule has 2 aliphatic rings. The molecule has 1 aromatic heterocycles. The Kier molecular flexibility index (Phi) is 9.34. The molecule has 3 N–H and O–H groups in total. The number of hydrogen-bond acceptors (Lipinski definition) is 9. The minimum absolute atomic E-state index is 0.0338. The fourth-order valence-electron chi connectivity index (χ4n) is 4.52. The fourth-order valence-corrected chi connectivity index (χ4v) is 5.58. The molecular formula is C22H32F3N5O6S. The van der Waals surface area contributed by atoms with Gasteiger partial charge in [-0.25, -0.2) is 9.10 Å². The number of primary amides is 1. The molecule has 0 saturated carbocycles. The number of nitrogens with one attached hydrogen (secondary N) is 1. The molecule has 2 aliphatic heterocycles. The molecule has 0 radical (unpaired) electrons. The first-order chi connectivity index (χ1) is 17.3. The van der Waals surface area contributed by atoms with Crippen LogP contribution in [0.2, 0.25) is 0 Å². The third-order valence-corrected chi connectivity index (χ3v) is 7.81. The van der Waals surface area contributed by atoms with Crippen molar-refractivity contribution >= 4 is 29.7 Å². The number of alkyl halides is 3. The number of fused-ring (bicyclic) bond motifs is 1. The smallest absolute Gasteiger partial charge is 0.396 e. The maximum absolute atomic E-state index is 13.6. The molecule has 3 amide bonds. The zero-order valence-electron chi connectivity index (χ0n) is 20.9. The van der Waals surface area contributed by atoms with Crippen LogP contribution in [0.4, 0.5) is 13.2 Å². The third-order valence-electron chi connectivity index (χ3n) is 6.73. The number of carbonyl (C=O) groups excluding carboxylic acids is 3. The lowest BCUT2D eigenvalue weighted by Crippen LogP contribution is -2.61. The molecule has 208 valence electrons. The van der Waals surface area contributed by atoms with E-state index in [2.05, 4.69) is 5.32 Å². The van der Waals surface area contributed by atoms with E-state index < -0.39 is 54.3 Å². The summed E-state index contributed by atoms with van der Waals surface area (Å²) in [6.45, 7) is 3.58. The quantitative estimate of drug-likeness (QED) is 0.430. The Balaban J connectivity index is 1.74. The highest BCUT2D eigenvalue weighted by molar-refractivity contribution is 7.97. The van der Waals surface area contributed by atoms with Crippen LogP contribution in [0.5, 0.6) is 0 Å². The molecule has 4 atom stereocenters. The first kappa shape index (κ1) is 29.0. The van der Waals surface area contributed by atoms with E-state index in [-0.39, 0.29) is 36.4 Å². The van der Waals surface area contributed by atoms with Gasteiger partial charge in [0.15, 0.2) is 5.76 Å². The van der Waals surface area contributed by atoms with E-state index in [0.717, 1.165) is 11.9 Å². The van der Waals surface area contributed by atoms with Crippen LogP contribution in [-0.4, -0.2) is 88.1 Å². The van der Waals surface area contributed by atoms with Gasteiger partial charge in [0.2, 0.25) is 17.7 Å². The van der Waals surface area contributed by atoms with Crippen LogP contribution in [0.1, 0.15) is 44.1 Å². The van der Waals surface area contributed by atoms with Crippen LogP contribution in [0.3, 0.4) is 0 Å². The normalized spacial score (nSPS) is 24.0. The lowest BCUT2D eigenvalue weighted by molar-refractivity contribution is -0.144. The fraction of sp³-hybridized carbons (Fsp3) is 0.727. The van der Waals surface area contributed by atoms with Crippen molar-refractivity contribution in [1.82, 2.24) is 19.4 Å². The second-order valence-corrected chi connectivity index (χ2v) is 10.5. The highest BCUT2D eigenvalue weighted by Crippen LogP contribution is 2.31. The van der Waals surface area contributed by atoms with Crippen molar-refractivity contribution < 1.29 is 36.4 Å². The van der Waals surface area contributed by atoms with Crippen molar-refractivity contribution in [2.24, 2.45) is 5.73 Å². The van der Waals surface area contributed by atoms with Crippen LogP contribution in [-0.2, 0) is 20.9 Å². The summed E-state index contributed by atoms with van der Waals surface area (Å²) >= 11 is 0.978. The average Bonchev–Trinajstić information content (AvgIpc) is 3.35. The predicted molar refractivity (Wildman–Crippen MR) is 127 cm³/mol. The molecule has 2 saturated heterocycles. The van der Waals surface area contributed by atoms with Crippen molar-refractivity contribution in [1.29, 1.82) is 0 Å². The van der Waals surface area contributed by atoms with E-state index in [9.17, 15) is 32.3 Å². The van der Waals surface area contributed by atoms with Gasteiger partial charge >= 0.3 is 12.0 Å². The maximum Gasteiger partial charge on any atom is 0.519 e. The summed E-state index contributed by atoms with van der Waals surface area (Å²) < 4.78 is 49.5. The zero-order chi connectivity index (χ0) is 27.5. The minimum atomic E-state index is -4.30. The molecule has 1 aromatic rings. The first-order valence-electron chi connectivity index (χ1n) is 11.9. The number of carbonyl (C=O) groups is 3. The Morgan fingerprint density at radius 2 is 1.95 bits per heavy atom. The SMILES string of the molecule is Cc1oc(=O)oc1CN(C)[C@@H](C)C(=O)NC1CN(SCCC(F)(F)F)CCC2CCC(C(N)=O)N2C1=O. The summed E-state index contributed by atoms with van der Waals surface area (Å²) in [5.41, 5.74) is 5.53. The summed E-state index contributed by atoms with van der Waals surface area (Å²) in [6, 6.07) is -2.97. The van der Waals surface area contributed by atoms with Gasteiger partial charge in [0, 0.05) is 24.9 Å². The molecule has 15 heteroatoms. The Morgan fingerprint density at radius 3 is 2.54 bits per heavy atom. The van der Waals surface area contributed by atoms with Gasteiger partial charge in [0.1, 0.15) is 17.8 Å². The maximum atomic E-state index is 13.6. The minimum Gasteiger partial charge on any atom is -0.396 e. The lowest BCUT2D eigenvalue weighted by Gasteiger charge is -2.38. The average molecular weight is 552 g/mol. The molecule has 3 unspecified atom stereocenters. The number of rotatable bonds is 9. The Bertz CT molecular complexity index is 1050. The van der Waals surface area contributed by atoms with Gasteiger partial charge < -0.3 is 24.8 Å². The Labute approximate surface area is 216 Å². The highest BCUT2D eigenvalue weighted by atomic mass is 32.2. The van der Waals surface area contributed by atoms with E-state index in [1.165, 1.54) is 4.90 Å². The van der Waals surface area contributed by atoms with E-state index in [1.54, 1.807) is 30.1 Å². The van der Waals surface area contributed by atoms with Gasteiger partial charge in [-0.2, -0.15) is 13.2 Å². The van der Waals surface area contributed by atoms with Crippen LogP contribution in [0.25, 0.3) is 0 Å². The topological polar surface area (TPSA) is 142 Å². The first-order valence-corrected chi connectivity index (χ1v) is 12.9. The van der Waals surface area contributed by atoms with Crippen LogP contribution < -0.4 is 16.9 Å². The molecule has 11 nitrogen and oxygen atoms in total. The van der Waals surface area contributed by atoms with Crippen molar-refractivity contribution in [3.63, 3.8) is 0 Å². The van der Waals surface area contributed by atoms with Gasteiger partial charge in [-0.05, 0) is 40.2 Å². The standard InChI is InChI=1S/C22H32F3N5O6S/c1-12(28(3)11-17-13(2)35-21(34)36-17)19(32)27-15-10-29(37-9-7-22(23,24)25)8-6-14-4-5-16(18(26)31)30(14)20(15)33/h12,14-16H,4-11H2,1-3H3,(H2,26,31)(H,27,32)/t12-,14?,15?,16?/m0/s1. The largest absolute Gasteiger partial charge is 0.519 e. The number of nitrogens with zero attached hydrogens (tertiary/aromatic N) is 3. The number of aryl methyl sites for hydroxylation is 1. The van der Waals surface area contributed by atoms with E-state index >= 15 is 0 Å². The number of nitrogens with two attached hydrogens (primary N) is 1. The molecule has 3 rings (SSSR count). The molecule has 0 aromatic carbocycles. The summed E-state index contributed by atoms with van der Waals surface area (Å²) in [5, 5.41) is 2.71. The summed E-state index contributed by atoms with van der Waals surface area (Å²) in [6.07, 6.45) is -3.88. The number of halogens is 3. The van der Waals surface area contributed by atoms with Crippen LogP contribution in [0.15, 0.2) is 13.6 Å². The summed E-state index contributed by atoms with van der Waals surface area (Å²) in [5.74, 6) is -2.18. The van der Waals surface area contributed by atoms with Crippen molar-refractivity contribution in [3.05, 3.63) is 22.1 Å². The molecule has 37 heavy (non-hydrogen) atoms. The van der Waals surface area contributed by atoms with Crippen molar-refractivity contribution in [2.75, 3.05) is 25.9 Å². The highest BCUT2D eigenvalue weighted by Gasteiger charge is 2.44. The molecule has 2 fully saturated rings. The lowest BCUT2D eigenvalue weighted by atomic mass is 10.1. The molecule has 0 spiro atoms. The van der Waals surface area contributed by atoms with Crippen molar-refractivity contribution in [3.8, 4) is 0 Å². The van der Waals surface area contributed by atoms with Crippen LogP contribution >= 0.6 is 11.9 Å². The van der Waals surface area contributed by atoms with E-state index in [0.29, 0.717) is 25.8 Å². The second-order valence-electron chi connectivity index (χ2n) is 9.36. The molecule has 3 heterocycles.